The Morgan fingerprint density at radius 3 is 2.64 bits per heavy atom. The van der Waals surface area contributed by atoms with E-state index in [2.05, 4.69) is 17.4 Å². The van der Waals surface area contributed by atoms with Gasteiger partial charge in [0.05, 0.1) is 11.4 Å². The largest absolute Gasteiger partial charge is 0.350 e. The molecule has 0 fully saturated rings. The summed E-state index contributed by atoms with van der Waals surface area (Å²) in [5, 5.41) is 3.06. The van der Waals surface area contributed by atoms with Crippen molar-refractivity contribution in [2.75, 3.05) is 16.6 Å². The third-order valence-corrected chi connectivity index (χ3v) is 6.99. The zero-order valence-electron chi connectivity index (χ0n) is 16.5. The summed E-state index contributed by atoms with van der Waals surface area (Å²) in [7, 11) is -3.29. The van der Waals surface area contributed by atoms with Crippen LogP contribution in [0, 0.1) is 0 Å². The van der Waals surface area contributed by atoms with E-state index in [0.29, 0.717) is 17.8 Å². The summed E-state index contributed by atoms with van der Waals surface area (Å²) in [4.78, 5) is 12.6. The smallest absolute Gasteiger partial charge is 0.251 e. The molecule has 1 heterocycles. The predicted molar refractivity (Wildman–Crippen MR) is 113 cm³/mol. The van der Waals surface area contributed by atoms with Crippen molar-refractivity contribution in [2.24, 2.45) is 0 Å². The maximum atomic E-state index is 12.6. The molecule has 0 aliphatic carbocycles. The first-order valence-electron chi connectivity index (χ1n) is 9.89. The van der Waals surface area contributed by atoms with Crippen molar-refractivity contribution in [1.29, 1.82) is 0 Å². The van der Waals surface area contributed by atoms with Gasteiger partial charge in [-0.2, -0.15) is 0 Å². The molecule has 28 heavy (non-hydrogen) atoms. The second kappa shape index (κ2) is 8.78. The van der Waals surface area contributed by atoms with Gasteiger partial charge in [0.25, 0.3) is 5.91 Å². The predicted octanol–water partition coefficient (Wildman–Crippen LogP) is 3.54. The number of sulfonamides is 1. The fourth-order valence-corrected chi connectivity index (χ4v) is 4.75. The first kappa shape index (κ1) is 20.4. The highest BCUT2D eigenvalue weighted by atomic mass is 32.2. The van der Waals surface area contributed by atoms with Gasteiger partial charge in [-0.15, -0.1) is 0 Å². The zero-order chi connectivity index (χ0) is 20.1. The van der Waals surface area contributed by atoms with Gasteiger partial charge in [0.15, 0.2) is 0 Å². The SMILES string of the molecule is CCS(=O)(=O)N1CCCc2cc(C(=O)N[C@H](C)CCc3ccccc3)ccc21. The molecule has 6 heteroatoms. The van der Waals surface area contributed by atoms with Crippen LogP contribution in [0.1, 0.15) is 48.2 Å². The van der Waals surface area contributed by atoms with Crippen LogP contribution in [-0.2, 0) is 22.9 Å². The molecule has 0 bridgehead atoms. The monoisotopic (exact) mass is 400 g/mol. The van der Waals surface area contributed by atoms with E-state index in [9.17, 15) is 13.2 Å². The van der Waals surface area contributed by atoms with Gasteiger partial charge in [-0.25, -0.2) is 8.42 Å². The maximum absolute atomic E-state index is 12.6. The third-order valence-electron chi connectivity index (χ3n) is 5.20. The van der Waals surface area contributed by atoms with Gasteiger partial charge in [-0.1, -0.05) is 30.3 Å². The van der Waals surface area contributed by atoms with Crippen molar-refractivity contribution >= 4 is 21.6 Å². The minimum atomic E-state index is -3.29. The topological polar surface area (TPSA) is 66.5 Å². The summed E-state index contributed by atoms with van der Waals surface area (Å²) < 4.78 is 26.1. The summed E-state index contributed by atoms with van der Waals surface area (Å²) in [6.45, 7) is 4.17. The molecule has 1 aliphatic rings. The Morgan fingerprint density at radius 2 is 1.93 bits per heavy atom. The molecule has 2 aromatic carbocycles. The van der Waals surface area contributed by atoms with Crippen LogP contribution in [0.2, 0.25) is 0 Å². The number of benzene rings is 2. The highest BCUT2D eigenvalue weighted by Crippen LogP contribution is 2.30. The highest BCUT2D eigenvalue weighted by molar-refractivity contribution is 7.92. The molecule has 2 aromatic rings. The highest BCUT2D eigenvalue weighted by Gasteiger charge is 2.26. The number of aryl methyl sites for hydroxylation is 2. The number of rotatable bonds is 7. The van der Waals surface area contributed by atoms with Crippen molar-refractivity contribution in [3.63, 3.8) is 0 Å². The first-order valence-corrected chi connectivity index (χ1v) is 11.5. The van der Waals surface area contributed by atoms with Crippen molar-refractivity contribution in [2.45, 2.75) is 45.6 Å². The molecule has 0 saturated carbocycles. The molecule has 150 valence electrons. The lowest BCUT2D eigenvalue weighted by molar-refractivity contribution is 0.0938. The molecule has 1 N–H and O–H groups in total. The van der Waals surface area contributed by atoms with Gasteiger partial charge < -0.3 is 5.32 Å². The molecule has 0 spiro atoms. The summed E-state index contributed by atoms with van der Waals surface area (Å²) in [5.74, 6) is -0.0352. The lowest BCUT2D eigenvalue weighted by atomic mass is 10.00. The molecule has 1 atom stereocenters. The van der Waals surface area contributed by atoms with E-state index in [0.717, 1.165) is 31.2 Å². The maximum Gasteiger partial charge on any atom is 0.251 e. The minimum absolute atomic E-state index is 0.0562. The molecular weight excluding hydrogens is 372 g/mol. The van der Waals surface area contributed by atoms with Gasteiger partial charge in [-0.3, -0.25) is 9.10 Å². The molecular formula is C22H28N2O3S. The molecule has 0 radical (unpaired) electrons. The van der Waals surface area contributed by atoms with E-state index in [-0.39, 0.29) is 17.7 Å². The summed E-state index contributed by atoms with van der Waals surface area (Å²) in [6, 6.07) is 15.6. The van der Waals surface area contributed by atoms with Gasteiger partial charge in [0.1, 0.15) is 0 Å². The normalized spacial score (nSPS) is 15.0. The molecule has 0 aromatic heterocycles. The summed E-state index contributed by atoms with van der Waals surface area (Å²) in [5.41, 5.74) is 3.48. The van der Waals surface area contributed by atoms with E-state index in [1.54, 1.807) is 19.1 Å². The fourth-order valence-electron chi connectivity index (χ4n) is 3.56. The van der Waals surface area contributed by atoms with Crippen LogP contribution in [-0.4, -0.2) is 32.7 Å². The Morgan fingerprint density at radius 1 is 1.18 bits per heavy atom. The van der Waals surface area contributed by atoms with Crippen LogP contribution in [0.5, 0.6) is 0 Å². The Kier molecular flexibility index (Phi) is 6.39. The van der Waals surface area contributed by atoms with Crippen molar-refractivity contribution < 1.29 is 13.2 Å². The average Bonchev–Trinajstić information content (AvgIpc) is 2.72. The summed E-state index contributed by atoms with van der Waals surface area (Å²) in [6.07, 6.45) is 3.33. The number of nitrogens with zero attached hydrogens (tertiary/aromatic N) is 1. The Hall–Kier alpha value is -2.34. The van der Waals surface area contributed by atoms with Crippen molar-refractivity contribution in [1.82, 2.24) is 5.32 Å². The van der Waals surface area contributed by atoms with Crippen LogP contribution in [0.3, 0.4) is 0 Å². The Balaban J connectivity index is 1.66. The number of fused-ring (bicyclic) bond motifs is 1. The van der Waals surface area contributed by atoms with E-state index in [4.69, 9.17) is 0 Å². The fraction of sp³-hybridized carbons (Fsp3) is 0.409. The van der Waals surface area contributed by atoms with Gasteiger partial charge in [0, 0.05) is 18.2 Å². The molecule has 0 unspecified atom stereocenters. The van der Waals surface area contributed by atoms with Crippen molar-refractivity contribution in [3.8, 4) is 0 Å². The van der Waals surface area contributed by atoms with Crippen LogP contribution < -0.4 is 9.62 Å². The standard InChI is InChI=1S/C22H28N2O3S/c1-3-28(26,27)24-15-7-10-19-16-20(13-14-21(19)24)22(25)23-17(2)11-12-18-8-5-4-6-9-18/h4-6,8-9,13-14,16-17H,3,7,10-12,15H2,1-2H3,(H,23,25)/t17-/m1/s1. The number of nitrogens with one attached hydrogen (secondary N) is 1. The van der Waals surface area contributed by atoms with Gasteiger partial charge in [0.2, 0.25) is 10.0 Å². The Labute approximate surface area is 167 Å². The molecule has 1 aliphatic heterocycles. The molecule has 5 nitrogen and oxygen atoms in total. The summed E-state index contributed by atoms with van der Waals surface area (Å²) >= 11 is 0. The second-order valence-corrected chi connectivity index (χ2v) is 9.50. The Bertz CT molecular complexity index is 926. The van der Waals surface area contributed by atoms with E-state index < -0.39 is 10.0 Å². The van der Waals surface area contributed by atoms with Crippen LogP contribution >= 0.6 is 0 Å². The van der Waals surface area contributed by atoms with E-state index >= 15 is 0 Å². The van der Waals surface area contributed by atoms with Gasteiger partial charge in [-0.05, 0) is 68.9 Å². The molecule has 3 rings (SSSR count). The van der Waals surface area contributed by atoms with E-state index in [1.165, 1.54) is 9.87 Å². The quantitative estimate of drug-likeness (QED) is 0.773. The number of carbonyl (C=O) groups is 1. The van der Waals surface area contributed by atoms with Gasteiger partial charge >= 0.3 is 0 Å². The number of carbonyl (C=O) groups excluding carboxylic acids is 1. The average molecular weight is 401 g/mol. The number of anilines is 1. The molecule has 1 amide bonds. The van der Waals surface area contributed by atoms with Crippen LogP contribution in [0.25, 0.3) is 0 Å². The van der Waals surface area contributed by atoms with E-state index in [1.807, 2.05) is 31.2 Å². The molecule has 0 saturated heterocycles. The van der Waals surface area contributed by atoms with Crippen LogP contribution in [0.4, 0.5) is 5.69 Å². The van der Waals surface area contributed by atoms with Crippen LogP contribution in [0.15, 0.2) is 48.5 Å². The second-order valence-electron chi connectivity index (χ2n) is 7.32. The number of hydrogen-bond acceptors (Lipinski definition) is 3. The van der Waals surface area contributed by atoms with Crippen molar-refractivity contribution in [3.05, 3.63) is 65.2 Å². The third kappa shape index (κ3) is 4.73. The minimum Gasteiger partial charge on any atom is -0.350 e. The first-order chi connectivity index (χ1) is 13.4. The number of hydrogen-bond donors (Lipinski definition) is 1. The zero-order valence-corrected chi connectivity index (χ0v) is 17.3. The lowest BCUT2D eigenvalue weighted by Crippen LogP contribution is -2.37. The number of amides is 1. The lowest BCUT2D eigenvalue weighted by Gasteiger charge is -2.30.